The minimum Gasteiger partial charge on any atom is -0.496 e. The lowest BCUT2D eigenvalue weighted by Crippen LogP contribution is -2.11. The number of carbonyl (C=O) groups excluding carboxylic acids is 1. The number of methoxy groups -OCH3 is 1. The summed E-state index contributed by atoms with van der Waals surface area (Å²) in [7, 11) is 3.49. The second kappa shape index (κ2) is 7.65. The first-order valence-electron chi connectivity index (χ1n) is 8.83. The first-order valence-corrected chi connectivity index (χ1v) is 8.83. The molecule has 0 aliphatic heterocycles. The van der Waals surface area contributed by atoms with Crippen molar-refractivity contribution in [1.29, 1.82) is 0 Å². The summed E-state index contributed by atoms with van der Waals surface area (Å²) in [6, 6.07) is 6.00. The van der Waals surface area contributed by atoms with Crippen molar-refractivity contribution in [1.82, 2.24) is 14.8 Å². The second-order valence-corrected chi connectivity index (χ2v) is 6.33. The monoisotopic (exact) mass is 368 g/mol. The molecule has 0 radical (unpaired) electrons. The minimum absolute atomic E-state index is 0.306. The van der Waals surface area contributed by atoms with E-state index < -0.39 is 5.97 Å². The Morgan fingerprint density at radius 2 is 2.07 bits per heavy atom. The van der Waals surface area contributed by atoms with Gasteiger partial charge >= 0.3 is 5.97 Å². The summed E-state index contributed by atoms with van der Waals surface area (Å²) in [6.07, 6.45) is 1.54. The van der Waals surface area contributed by atoms with E-state index in [1.54, 1.807) is 24.9 Å². The Morgan fingerprint density at radius 1 is 1.30 bits per heavy atom. The quantitative estimate of drug-likeness (QED) is 0.672. The Hall–Kier alpha value is -3.09. The van der Waals surface area contributed by atoms with E-state index in [1.165, 1.54) is 0 Å². The highest BCUT2D eigenvalue weighted by Crippen LogP contribution is 2.30. The van der Waals surface area contributed by atoms with Crippen LogP contribution in [0.5, 0.6) is 5.75 Å². The van der Waals surface area contributed by atoms with Crippen LogP contribution in [0.3, 0.4) is 0 Å². The van der Waals surface area contributed by atoms with E-state index in [4.69, 9.17) is 9.47 Å². The number of fused-ring (bicyclic) bond motifs is 1. The van der Waals surface area contributed by atoms with Crippen LogP contribution in [0.4, 0.5) is 5.69 Å². The molecule has 1 aromatic carbocycles. The van der Waals surface area contributed by atoms with Crippen molar-refractivity contribution >= 4 is 22.7 Å². The molecule has 1 N–H and O–H groups in total. The molecule has 0 amide bonds. The van der Waals surface area contributed by atoms with Gasteiger partial charge in [-0.05, 0) is 38.0 Å². The van der Waals surface area contributed by atoms with Gasteiger partial charge in [-0.25, -0.2) is 9.78 Å². The van der Waals surface area contributed by atoms with E-state index in [1.807, 2.05) is 33.0 Å². The molecule has 0 bridgehead atoms. The van der Waals surface area contributed by atoms with Gasteiger partial charge in [0.05, 0.1) is 30.5 Å². The Labute approximate surface area is 158 Å². The van der Waals surface area contributed by atoms with Crippen LogP contribution in [0.25, 0.3) is 11.0 Å². The third kappa shape index (κ3) is 3.58. The summed E-state index contributed by atoms with van der Waals surface area (Å²) in [5.41, 5.74) is 4.76. The first kappa shape index (κ1) is 18.7. The number of benzene rings is 1. The number of ether oxygens (including phenoxy) is 2. The molecule has 2 aromatic heterocycles. The number of rotatable bonds is 6. The summed E-state index contributed by atoms with van der Waals surface area (Å²) in [5, 5.41) is 8.66. The van der Waals surface area contributed by atoms with E-state index in [9.17, 15) is 4.79 Å². The van der Waals surface area contributed by atoms with Gasteiger partial charge in [0.2, 0.25) is 0 Å². The summed E-state index contributed by atoms with van der Waals surface area (Å²) in [5.74, 6) is 0.448. The summed E-state index contributed by atoms with van der Waals surface area (Å²) in [4.78, 5) is 16.8. The number of anilines is 1. The van der Waals surface area contributed by atoms with Crippen molar-refractivity contribution in [3.63, 3.8) is 0 Å². The van der Waals surface area contributed by atoms with Gasteiger partial charge in [0, 0.05) is 19.8 Å². The van der Waals surface area contributed by atoms with Crippen LogP contribution < -0.4 is 10.1 Å². The van der Waals surface area contributed by atoms with Crippen LogP contribution in [0.2, 0.25) is 0 Å². The Morgan fingerprint density at radius 3 is 2.74 bits per heavy atom. The lowest BCUT2D eigenvalue weighted by Gasteiger charge is -2.14. The summed E-state index contributed by atoms with van der Waals surface area (Å²) in [6.45, 7) is 6.54. The van der Waals surface area contributed by atoms with Crippen molar-refractivity contribution in [2.45, 2.75) is 27.3 Å². The number of hydrogen-bond donors (Lipinski definition) is 1. The molecule has 27 heavy (non-hydrogen) atoms. The molecule has 142 valence electrons. The highest BCUT2D eigenvalue weighted by Gasteiger charge is 2.20. The maximum absolute atomic E-state index is 12.4. The van der Waals surface area contributed by atoms with Crippen LogP contribution in [0.1, 0.15) is 34.1 Å². The zero-order valence-corrected chi connectivity index (χ0v) is 16.3. The molecule has 0 spiro atoms. The van der Waals surface area contributed by atoms with Gasteiger partial charge in [-0.2, -0.15) is 5.10 Å². The van der Waals surface area contributed by atoms with Crippen molar-refractivity contribution < 1.29 is 14.3 Å². The number of nitrogens with one attached hydrogen (secondary N) is 1. The summed E-state index contributed by atoms with van der Waals surface area (Å²) < 4.78 is 12.2. The molecule has 7 nitrogen and oxygen atoms in total. The molecule has 0 fully saturated rings. The number of nitrogens with zero attached hydrogens (tertiary/aromatic N) is 3. The van der Waals surface area contributed by atoms with E-state index in [0.29, 0.717) is 30.0 Å². The predicted octanol–water partition coefficient (Wildman–Crippen LogP) is 3.38. The molecule has 0 aliphatic rings. The van der Waals surface area contributed by atoms with Crippen molar-refractivity contribution in [2.24, 2.45) is 7.05 Å². The smallest absolute Gasteiger partial charge is 0.341 e. The molecular weight excluding hydrogens is 344 g/mol. The van der Waals surface area contributed by atoms with Gasteiger partial charge in [-0.15, -0.1) is 0 Å². The van der Waals surface area contributed by atoms with Gasteiger partial charge in [-0.1, -0.05) is 12.1 Å². The van der Waals surface area contributed by atoms with Gasteiger partial charge < -0.3 is 14.8 Å². The fraction of sp³-hybridized carbons (Fsp3) is 0.350. The molecule has 3 aromatic rings. The molecule has 3 rings (SSSR count). The molecule has 2 heterocycles. The fourth-order valence-corrected chi connectivity index (χ4v) is 3.20. The van der Waals surface area contributed by atoms with E-state index in [2.05, 4.69) is 21.5 Å². The zero-order valence-electron chi connectivity index (χ0n) is 16.3. The number of carbonyl (C=O) groups is 1. The van der Waals surface area contributed by atoms with Gasteiger partial charge in [0.1, 0.15) is 11.3 Å². The average molecular weight is 368 g/mol. The number of aromatic nitrogens is 3. The van der Waals surface area contributed by atoms with Crippen molar-refractivity contribution in [3.05, 3.63) is 46.8 Å². The van der Waals surface area contributed by atoms with E-state index >= 15 is 0 Å². The zero-order chi connectivity index (χ0) is 19.6. The Bertz CT molecular complexity index is 995. The Kier molecular flexibility index (Phi) is 5.30. The van der Waals surface area contributed by atoms with Crippen molar-refractivity contribution in [2.75, 3.05) is 19.0 Å². The largest absolute Gasteiger partial charge is 0.496 e. The van der Waals surface area contributed by atoms with Gasteiger partial charge in [-0.3, -0.25) is 4.68 Å². The molecule has 7 heteroatoms. The molecule has 0 saturated heterocycles. The van der Waals surface area contributed by atoms with E-state index in [0.717, 1.165) is 28.0 Å². The van der Waals surface area contributed by atoms with Gasteiger partial charge in [0.25, 0.3) is 0 Å². The molecule has 0 atom stereocenters. The number of esters is 1. The lowest BCUT2D eigenvalue weighted by molar-refractivity contribution is 0.0527. The standard InChI is InChI=1S/C20H24N4O3/c1-6-27-20(25)15-11-22-19-17(13(3)23-24(19)4)18(15)21-10-14-7-8-16(26-5)12(2)9-14/h7-9,11H,6,10H2,1-5H3,(H,21,22). The predicted molar refractivity (Wildman–Crippen MR) is 104 cm³/mol. The van der Waals surface area contributed by atoms with Crippen LogP contribution in [-0.2, 0) is 18.3 Å². The normalized spacial score (nSPS) is 10.9. The molecule has 0 saturated carbocycles. The number of aryl methyl sites for hydroxylation is 3. The van der Waals surface area contributed by atoms with Crippen LogP contribution >= 0.6 is 0 Å². The first-order chi connectivity index (χ1) is 13.0. The molecule has 0 aliphatic carbocycles. The second-order valence-electron chi connectivity index (χ2n) is 6.33. The highest BCUT2D eigenvalue weighted by atomic mass is 16.5. The Balaban J connectivity index is 2.01. The van der Waals surface area contributed by atoms with Crippen LogP contribution in [0, 0.1) is 13.8 Å². The SMILES string of the molecule is CCOC(=O)c1cnc2c(c(C)nn2C)c1NCc1ccc(OC)c(C)c1. The van der Waals surface area contributed by atoms with Gasteiger partial charge in [0.15, 0.2) is 5.65 Å². The highest BCUT2D eigenvalue weighted by molar-refractivity contribution is 6.05. The molecule has 0 unspecified atom stereocenters. The van der Waals surface area contributed by atoms with Crippen LogP contribution in [0.15, 0.2) is 24.4 Å². The fourth-order valence-electron chi connectivity index (χ4n) is 3.20. The average Bonchev–Trinajstić information content (AvgIpc) is 2.94. The maximum atomic E-state index is 12.4. The lowest BCUT2D eigenvalue weighted by atomic mass is 10.1. The van der Waals surface area contributed by atoms with E-state index in [-0.39, 0.29) is 0 Å². The third-order valence-electron chi connectivity index (χ3n) is 4.45. The third-order valence-corrected chi connectivity index (χ3v) is 4.45. The van der Waals surface area contributed by atoms with Crippen molar-refractivity contribution in [3.8, 4) is 5.75 Å². The maximum Gasteiger partial charge on any atom is 0.341 e. The number of hydrogen-bond acceptors (Lipinski definition) is 6. The topological polar surface area (TPSA) is 78.3 Å². The minimum atomic E-state index is -0.399. The summed E-state index contributed by atoms with van der Waals surface area (Å²) >= 11 is 0. The van der Waals surface area contributed by atoms with Crippen LogP contribution in [-0.4, -0.2) is 34.5 Å². The number of pyridine rings is 1. The molecular formula is C20H24N4O3.